The molecule has 144 valence electrons. The molecule has 2 atom stereocenters. The van der Waals surface area contributed by atoms with Crippen LogP contribution in [-0.4, -0.2) is 38.5 Å². The molecule has 1 aromatic heterocycles. The van der Waals surface area contributed by atoms with Crippen LogP contribution >= 0.6 is 0 Å². The van der Waals surface area contributed by atoms with Gasteiger partial charge in [-0.15, -0.1) is 0 Å². The number of hydrogen-bond acceptors (Lipinski definition) is 3. The number of phenols is 1. The number of likely N-dealkylation sites (tertiary alicyclic amines) is 1. The molecule has 5 nitrogen and oxygen atoms in total. The van der Waals surface area contributed by atoms with Crippen molar-refractivity contribution in [3.05, 3.63) is 59.4 Å². The Balaban J connectivity index is 1.62. The van der Waals surface area contributed by atoms with E-state index in [9.17, 15) is 9.90 Å². The van der Waals surface area contributed by atoms with Gasteiger partial charge in [-0.1, -0.05) is 39.0 Å². The first kappa shape index (κ1) is 17.3. The molecule has 5 rings (SSSR count). The first-order chi connectivity index (χ1) is 13.3. The molecule has 0 radical (unpaired) electrons. The number of hydrogen-bond donors (Lipinski definition) is 2. The van der Waals surface area contributed by atoms with Crippen LogP contribution in [0.5, 0.6) is 5.75 Å². The summed E-state index contributed by atoms with van der Waals surface area (Å²) in [4.78, 5) is 23.1. The predicted molar refractivity (Wildman–Crippen MR) is 108 cm³/mol. The summed E-state index contributed by atoms with van der Waals surface area (Å²) < 4.78 is 0. The van der Waals surface area contributed by atoms with Crippen molar-refractivity contribution < 1.29 is 9.90 Å². The van der Waals surface area contributed by atoms with Crippen molar-refractivity contribution in [1.82, 2.24) is 14.9 Å². The first-order valence-corrected chi connectivity index (χ1v) is 9.89. The third kappa shape index (κ3) is 2.07. The average molecular weight is 375 g/mol. The number of rotatable bonds is 1. The zero-order valence-electron chi connectivity index (χ0n) is 16.5. The van der Waals surface area contributed by atoms with E-state index in [0.29, 0.717) is 24.3 Å². The van der Waals surface area contributed by atoms with Crippen LogP contribution in [0.4, 0.5) is 0 Å². The maximum atomic E-state index is 13.6. The van der Waals surface area contributed by atoms with Crippen LogP contribution in [0.2, 0.25) is 0 Å². The summed E-state index contributed by atoms with van der Waals surface area (Å²) in [7, 11) is 0. The molecule has 1 aliphatic heterocycles. The minimum absolute atomic E-state index is 0.0220. The Morgan fingerprint density at radius 3 is 2.82 bits per heavy atom. The van der Waals surface area contributed by atoms with Crippen molar-refractivity contribution in [1.29, 1.82) is 0 Å². The lowest BCUT2D eigenvalue weighted by Crippen LogP contribution is -2.64. The van der Waals surface area contributed by atoms with Crippen molar-refractivity contribution in [2.24, 2.45) is 5.41 Å². The van der Waals surface area contributed by atoms with E-state index in [0.717, 1.165) is 23.0 Å². The summed E-state index contributed by atoms with van der Waals surface area (Å²) in [5.41, 5.74) is 4.26. The highest BCUT2D eigenvalue weighted by Gasteiger charge is 2.57. The first-order valence-electron chi connectivity index (χ1n) is 9.89. The summed E-state index contributed by atoms with van der Waals surface area (Å²) in [6, 6.07) is 11.6. The van der Waals surface area contributed by atoms with Gasteiger partial charge < -0.3 is 15.0 Å². The molecule has 2 heterocycles. The molecule has 0 spiro atoms. The highest BCUT2D eigenvalue weighted by Crippen LogP contribution is 2.57. The number of nitrogens with one attached hydrogen (secondary N) is 1. The molecule has 1 amide bonds. The van der Waals surface area contributed by atoms with Gasteiger partial charge in [0, 0.05) is 18.0 Å². The quantitative estimate of drug-likeness (QED) is 0.675. The van der Waals surface area contributed by atoms with E-state index >= 15 is 0 Å². The number of fused-ring (bicyclic) bond motifs is 5. The maximum Gasteiger partial charge on any atom is 0.256 e. The summed E-state index contributed by atoms with van der Waals surface area (Å²) in [6.07, 6.45) is 3.18. The normalized spacial score (nSPS) is 25.5. The Morgan fingerprint density at radius 2 is 2.00 bits per heavy atom. The van der Waals surface area contributed by atoms with Gasteiger partial charge in [0.25, 0.3) is 5.91 Å². The van der Waals surface area contributed by atoms with Gasteiger partial charge in [0.1, 0.15) is 11.3 Å². The Hall–Kier alpha value is -2.82. The van der Waals surface area contributed by atoms with Crippen molar-refractivity contribution in [3.63, 3.8) is 0 Å². The van der Waals surface area contributed by atoms with Crippen LogP contribution in [0.3, 0.4) is 0 Å². The lowest BCUT2D eigenvalue weighted by molar-refractivity contribution is -0.0265. The van der Waals surface area contributed by atoms with Gasteiger partial charge in [-0.25, -0.2) is 4.98 Å². The lowest BCUT2D eigenvalue weighted by Gasteiger charge is -2.60. The molecule has 28 heavy (non-hydrogen) atoms. The highest BCUT2D eigenvalue weighted by atomic mass is 16.3. The number of H-pyrrole nitrogens is 1. The minimum Gasteiger partial charge on any atom is -0.508 e. The van der Waals surface area contributed by atoms with E-state index < -0.39 is 0 Å². The molecule has 0 saturated carbocycles. The second kappa shape index (κ2) is 5.60. The van der Waals surface area contributed by atoms with E-state index in [-0.39, 0.29) is 22.8 Å². The Bertz CT molecular complexity index is 1100. The van der Waals surface area contributed by atoms with Crippen molar-refractivity contribution in [2.75, 3.05) is 6.54 Å². The topological polar surface area (TPSA) is 69.2 Å². The third-order valence-electron chi connectivity index (χ3n) is 7.57. The fourth-order valence-electron chi connectivity index (χ4n) is 5.46. The van der Waals surface area contributed by atoms with E-state index in [2.05, 4.69) is 36.8 Å². The maximum absolute atomic E-state index is 13.6. The van der Waals surface area contributed by atoms with E-state index in [1.807, 2.05) is 29.2 Å². The van der Waals surface area contributed by atoms with Gasteiger partial charge in [-0.05, 0) is 47.6 Å². The van der Waals surface area contributed by atoms with Crippen LogP contribution in [0, 0.1) is 5.41 Å². The number of aromatic hydroxyl groups is 1. The molecular formula is C23H25N3O2. The monoisotopic (exact) mass is 375 g/mol. The second-order valence-electron chi connectivity index (χ2n) is 8.93. The zero-order valence-corrected chi connectivity index (χ0v) is 16.5. The largest absolute Gasteiger partial charge is 0.508 e. The van der Waals surface area contributed by atoms with Crippen LogP contribution in [0.1, 0.15) is 48.7 Å². The number of imidazole rings is 1. The minimum atomic E-state index is -0.110. The summed E-state index contributed by atoms with van der Waals surface area (Å²) >= 11 is 0. The van der Waals surface area contributed by atoms with Gasteiger partial charge in [0.05, 0.1) is 17.4 Å². The van der Waals surface area contributed by atoms with E-state index in [1.54, 1.807) is 12.4 Å². The zero-order chi connectivity index (χ0) is 19.7. The molecule has 2 N–H and O–H groups in total. The number of aromatic nitrogens is 2. The molecule has 3 aromatic rings. The number of piperidine rings is 1. The summed E-state index contributed by atoms with van der Waals surface area (Å²) in [6.45, 7) is 7.52. The number of carbonyl (C=O) groups is 1. The summed E-state index contributed by atoms with van der Waals surface area (Å²) in [5.74, 6) is 0.365. The molecule has 2 aromatic carbocycles. The molecule has 2 aliphatic rings. The Kier molecular flexibility index (Phi) is 3.46. The number of nitrogens with zero attached hydrogens (tertiary/aromatic N) is 2. The van der Waals surface area contributed by atoms with Crippen molar-refractivity contribution in [2.45, 2.75) is 45.1 Å². The molecular weight excluding hydrogens is 350 g/mol. The molecule has 1 saturated heterocycles. The number of carbonyl (C=O) groups excluding carboxylic acids is 1. The van der Waals surface area contributed by atoms with Gasteiger partial charge in [-0.3, -0.25) is 4.79 Å². The van der Waals surface area contributed by atoms with Gasteiger partial charge >= 0.3 is 0 Å². The standard InChI is InChI=1S/C23H25N3O2/c1-22(2)19-12-15-16(7-5-9-18(15)27)23(22,3)10-11-26(19)21(28)14-6-4-8-17-20(14)25-13-24-17/h4-9,13,19,27H,10-12H2,1-3H3,(H,24,25)/t19-,23?/m1/s1. The second-order valence-corrected chi connectivity index (χ2v) is 8.93. The third-order valence-corrected chi connectivity index (χ3v) is 7.57. The van der Waals surface area contributed by atoms with Crippen molar-refractivity contribution >= 4 is 16.9 Å². The average Bonchev–Trinajstić information content (AvgIpc) is 3.14. The number of aromatic amines is 1. The van der Waals surface area contributed by atoms with Crippen LogP contribution in [-0.2, 0) is 11.8 Å². The van der Waals surface area contributed by atoms with Crippen molar-refractivity contribution in [3.8, 4) is 5.75 Å². The Labute approximate surface area is 164 Å². The number of para-hydroxylation sites is 1. The van der Waals surface area contributed by atoms with Crippen LogP contribution in [0.15, 0.2) is 42.7 Å². The molecule has 5 heteroatoms. The van der Waals surface area contributed by atoms with E-state index in [4.69, 9.17) is 0 Å². The number of amides is 1. The SMILES string of the molecule is CC12CCN(C(=O)c3cccc4[nH]cnc34)[C@H](Cc3c(O)cccc31)C2(C)C. The number of benzene rings is 2. The van der Waals surface area contributed by atoms with Gasteiger partial charge in [-0.2, -0.15) is 0 Å². The van der Waals surface area contributed by atoms with Crippen LogP contribution < -0.4 is 0 Å². The van der Waals surface area contributed by atoms with Crippen LogP contribution in [0.25, 0.3) is 11.0 Å². The predicted octanol–water partition coefficient (Wildman–Crippen LogP) is 4.02. The summed E-state index contributed by atoms with van der Waals surface area (Å²) in [5, 5.41) is 10.5. The highest BCUT2D eigenvalue weighted by molar-refractivity contribution is 6.05. The Morgan fingerprint density at radius 1 is 1.21 bits per heavy atom. The lowest BCUT2D eigenvalue weighted by atomic mass is 9.51. The molecule has 1 aliphatic carbocycles. The fraction of sp³-hybridized carbons (Fsp3) is 0.391. The molecule has 1 unspecified atom stereocenters. The molecule has 2 bridgehead atoms. The number of phenolic OH excluding ortho intramolecular Hbond substituents is 1. The molecule has 1 fully saturated rings. The van der Waals surface area contributed by atoms with Gasteiger partial charge in [0.2, 0.25) is 0 Å². The van der Waals surface area contributed by atoms with E-state index in [1.165, 1.54) is 5.56 Å². The fourth-order valence-corrected chi connectivity index (χ4v) is 5.46. The smallest absolute Gasteiger partial charge is 0.256 e. The van der Waals surface area contributed by atoms with Gasteiger partial charge in [0.15, 0.2) is 0 Å².